The summed E-state index contributed by atoms with van der Waals surface area (Å²) in [7, 11) is 0.465. The van der Waals surface area contributed by atoms with Gasteiger partial charge in [-0.2, -0.15) is 0 Å². The van der Waals surface area contributed by atoms with Gasteiger partial charge in [-0.1, -0.05) is 49.9 Å². The van der Waals surface area contributed by atoms with Crippen LogP contribution in [0.25, 0.3) is 6.08 Å². The summed E-state index contributed by atoms with van der Waals surface area (Å²) in [4.78, 5) is 24.9. The minimum Gasteiger partial charge on any atom is -0.300 e. The molecule has 1 aromatic rings. The maximum Gasteiger partial charge on any atom is 0.156 e. The first-order valence-electron chi connectivity index (χ1n) is 10.5. The van der Waals surface area contributed by atoms with Gasteiger partial charge < -0.3 is 0 Å². The van der Waals surface area contributed by atoms with Gasteiger partial charge in [0.15, 0.2) is 5.52 Å². The molecule has 0 amide bonds. The number of Topliss-reactive ketones (excluding diaryl/α,β-unsaturated/α-hetero) is 1. The lowest BCUT2D eigenvalue weighted by Gasteiger charge is -2.18. The topological polar surface area (TPSA) is 34.1 Å². The molecule has 3 aliphatic rings. The van der Waals surface area contributed by atoms with Crippen LogP contribution < -0.4 is 0 Å². The van der Waals surface area contributed by atoms with Crippen molar-refractivity contribution in [1.29, 1.82) is 0 Å². The molecule has 4 rings (SSSR count). The molecule has 0 N–H and O–H groups in total. The van der Waals surface area contributed by atoms with Crippen molar-refractivity contribution < 1.29 is 9.59 Å². The number of carbonyl (C=O) groups excluding carboxylic acids is 2. The minimum atomic E-state index is -0.0825. The van der Waals surface area contributed by atoms with Gasteiger partial charge in [-0.25, -0.2) is 0 Å². The van der Waals surface area contributed by atoms with Crippen molar-refractivity contribution in [2.45, 2.75) is 63.7 Å². The second-order valence-electron chi connectivity index (χ2n) is 8.36. The summed E-state index contributed by atoms with van der Waals surface area (Å²) in [5.41, 5.74) is 4.72. The Morgan fingerprint density at radius 2 is 1.81 bits per heavy atom. The van der Waals surface area contributed by atoms with E-state index in [2.05, 4.69) is 30.3 Å². The monoisotopic (exact) mass is 400 g/mol. The van der Waals surface area contributed by atoms with E-state index in [1.807, 2.05) is 0 Å². The average Bonchev–Trinajstić information content (AvgIpc) is 3.25. The Balaban J connectivity index is 1.47. The summed E-state index contributed by atoms with van der Waals surface area (Å²) < 4.78 is 0. The summed E-state index contributed by atoms with van der Waals surface area (Å²) in [5.74, 6) is 1.63. The highest BCUT2D eigenvalue weighted by atomic mass is 32.0. The maximum absolute atomic E-state index is 12.6. The molecule has 1 aliphatic carbocycles. The normalized spacial score (nSPS) is 30.8. The van der Waals surface area contributed by atoms with Crippen molar-refractivity contribution in [3.8, 4) is 0 Å². The number of ketones is 1. The number of carbonyl (C=O) groups is 2. The van der Waals surface area contributed by atoms with Crippen molar-refractivity contribution in [2.75, 3.05) is 12.3 Å². The van der Waals surface area contributed by atoms with Crippen LogP contribution in [0.2, 0.25) is 0 Å². The lowest BCUT2D eigenvalue weighted by atomic mass is 9.88. The smallest absolute Gasteiger partial charge is 0.156 e. The average molecular weight is 400 g/mol. The molecule has 0 radical (unpaired) electrons. The Kier molecular flexibility index (Phi) is 6.57. The van der Waals surface area contributed by atoms with Crippen LogP contribution >= 0.6 is 15.9 Å². The van der Waals surface area contributed by atoms with Gasteiger partial charge in [0.25, 0.3) is 0 Å². The molecule has 2 fully saturated rings. The first kappa shape index (κ1) is 19.5. The van der Waals surface area contributed by atoms with Gasteiger partial charge in [-0.05, 0) is 69.7 Å². The third-order valence-corrected chi connectivity index (χ3v) is 11.9. The van der Waals surface area contributed by atoms with Crippen LogP contribution in [-0.4, -0.2) is 23.6 Å². The number of hydrogen-bond donors (Lipinski definition) is 0. The summed E-state index contributed by atoms with van der Waals surface area (Å²) in [6, 6.07) is 8.68. The van der Waals surface area contributed by atoms with Crippen LogP contribution in [0.1, 0.15) is 74.8 Å². The van der Waals surface area contributed by atoms with E-state index in [1.54, 1.807) is 0 Å². The Morgan fingerprint density at radius 3 is 2.74 bits per heavy atom. The molecule has 0 saturated carbocycles. The lowest BCUT2D eigenvalue weighted by Crippen LogP contribution is -2.05. The standard InChI is InChI=1S/C23H30O2P2/c24-20-6-2-4-8-22-19(15-18-5-1-3-7-21(18)22)10-12-23(25)26-27-14-13-17(16-27)9-11-20/h1,3,5,7,15,17,22,26H,2,4,6,8-14,16H2. The van der Waals surface area contributed by atoms with Crippen LogP contribution in [0.3, 0.4) is 0 Å². The lowest BCUT2D eigenvalue weighted by molar-refractivity contribution is -0.119. The van der Waals surface area contributed by atoms with Crippen molar-refractivity contribution in [1.82, 2.24) is 0 Å². The Hall–Kier alpha value is -0.840. The maximum atomic E-state index is 12.6. The predicted molar refractivity (Wildman–Crippen MR) is 117 cm³/mol. The van der Waals surface area contributed by atoms with Gasteiger partial charge in [0, 0.05) is 25.2 Å². The zero-order chi connectivity index (χ0) is 18.6. The molecular weight excluding hydrogens is 370 g/mol. The van der Waals surface area contributed by atoms with Gasteiger partial charge in [0.1, 0.15) is 5.78 Å². The fourth-order valence-corrected chi connectivity index (χ4v) is 10.7. The van der Waals surface area contributed by atoms with Crippen molar-refractivity contribution in [3.05, 3.63) is 41.0 Å². The Morgan fingerprint density at radius 1 is 0.926 bits per heavy atom. The van der Waals surface area contributed by atoms with Gasteiger partial charge in [0.05, 0.1) is 0 Å². The van der Waals surface area contributed by atoms with E-state index in [0.29, 0.717) is 31.4 Å². The second-order valence-corrected chi connectivity index (χ2v) is 13.6. The highest BCUT2D eigenvalue weighted by Crippen LogP contribution is 2.62. The van der Waals surface area contributed by atoms with Crippen molar-refractivity contribution in [2.24, 2.45) is 5.92 Å². The third kappa shape index (κ3) is 4.96. The van der Waals surface area contributed by atoms with Gasteiger partial charge in [0.2, 0.25) is 0 Å². The fourth-order valence-electron chi connectivity index (χ4n) is 4.87. The van der Waals surface area contributed by atoms with Crippen LogP contribution in [0.4, 0.5) is 0 Å². The molecule has 4 heteroatoms. The van der Waals surface area contributed by atoms with E-state index >= 15 is 0 Å². The molecule has 1 aromatic carbocycles. The molecule has 4 atom stereocenters. The van der Waals surface area contributed by atoms with Crippen molar-refractivity contribution >= 4 is 33.3 Å². The molecular formula is C23H30O2P2. The minimum absolute atomic E-state index is 0.0825. The molecule has 2 heterocycles. The van der Waals surface area contributed by atoms with E-state index in [9.17, 15) is 9.59 Å². The molecule has 2 nitrogen and oxygen atoms in total. The van der Waals surface area contributed by atoms with E-state index < -0.39 is 0 Å². The molecule has 27 heavy (non-hydrogen) atoms. The third-order valence-electron chi connectivity index (χ3n) is 6.40. The zero-order valence-electron chi connectivity index (χ0n) is 16.1. The number of hydrogen-bond acceptors (Lipinski definition) is 2. The molecule has 2 saturated heterocycles. The Labute approximate surface area is 166 Å². The molecule has 4 unspecified atom stereocenters. The highest BCUT2D eigenvalue weighted by Gasteiger charge is 2.28. The summed E-state index contributed by atoms with van der Waals surface area (Å²) in [6.45, 7) is 0. The zero-order valence-corrected chi connectivity index (χ0v) is 18.0. The van der Waals surface area contributed by atoms with Gasteiger partial charge in [-0.15, -0.1) is 0 Å². The molecule has 2 bridgehead atoms. The quantitative estimate of drug-likeness (QED) is 0.466. The number of benzene rings is 1. The Bertz CT molecular complexity index is 740. The summed E-state index contributed by atoms with van der Waals surface area (Å²) in [5, 5.41) is 0. The van der Waals surface area contributed by atoms with Crippen LogP contribution in [0.5, 0.6) is 0 Å². The van der Waals surface area contributed by atoms with E-state index in [-0.39, 0.29) is 7.61 Å². The van der Waals surface area contributed by atoms with E-state index in [0.717, 1.165) is 51.4 Å². The fraction of sp³-hybridized carbons (Fsp3) is 0.565. The van der Waals surface area contributed by atoms with Crippen LogP contribution in [0.15, 0.2) is 29.8 Å². The molecule has 2 aliphatic heterocycles. The van der Waals surface area contributed by atoms with Gasteiger partial charge in [-0.3, -0.25) is 9.59 Å². The number of fused-ring (bicyclic) bond motifs is 5. The SMILES string of the molecule is O=C1CCCCC2C(=Cc3ccccc32)CCC(=O)PP2CCC(CC1)C2. The van der Waals surface area contributed by atoms with Crippen LogP contribution in [0, 0.1) is 5.92 Å². The summed E-state index contributed by atoms with van der Waals surface area (Å²) >= 11 is 0. The summed E-state index contributed by atoms with van der Waals surface area (Å²) in [6.07, 6.45) is 13.6. The number of allylic oxidation sites excluding steroid dienone is 1. The predicted octanol–water partition coefficient (Wildman–Crippen LogP) is 6.49. The van der Waals surface area contributed by atoms with Gasteiger partial charge >= 0.3 is 0 Å². The number of rotatable bonds is 0. The first-order chi connectivity index (χ1) is 13.2. The second kappa shape index (κ2) is 9.11. The largest absolute Gasteiger partial charge is 0.300 e. The van der Waals surface area contributed by atoms with E-state index in [4.69, 9.17) is 0 Å². The van der Waals surface area contributed by atoms with Crippen LogP contribution in [-0.2, 0) is 9.59 Å². The van der Waals surface area contributed by atoms with Crippen molar-refractivity contribution in [3.63, 3.8) is 0 Å². The molecule has 0 spiro atoms. The molecule has 144 valence electrons. The first-order valence-corrected chi connectivity index (χ1v) is 14.1. The molecule has 0 aromatic heterocycles. The highest BCUT2D eigenvalue weighted by molar-refractivity contribution is 8.28. The van der Waals surface area contributed by atoms with E-state index in [1.165, 1.54) is 35.4 Å².